The molecule has 19 heavy (non-hydrogen) atoms. The van der Waals surface area contributed by atoms with Crippen LogP contribution in [0.25, 0.3) is 0 Å². The summed E-state index contributed by atoms with van der Waals surface area (Å²) in [6, 6.07) is 21.0. The first-order chi connectivity index (χ1) is 9.08. The third-order valence-electron chi connectivity index (χ3n) is 3.03. The van der Waals surface area contributed by atoms with Crippen molar-refractivity contribution in [2.24, 2.45) is 0 Å². The van der Waals surface area contributed by atoms with Crippen LogP contribution in [0.1, 0.15) is 25.0 Å². The molecule has 0 aromatic heterocycles. The van der Waals surface area contributed by atoms with Gasteiger partial charge in [-0.25, -0.2) is 0 Å². The van der Waals surface area contributed by atoms with Crippen LogP contribution in [0.15, 0.2) is 60.7 Å². The lowest BCUT2D eigenvalue weighted by Crippen LogP contribution is -2.15. The van der Waals surface area contributed by atoms with Crippen molar-refractivity contribution in [3.63, 3.8) is 0 Å². The molecular weight excluding hydrogens is 268 g/mol. The van der Waals surface area contributed by atoms with Gasteiger partial charge in [0.25, 0.3) is 0 Å². The van der Waals surface area contributed by atoms with Gasteiger partial charge in [0.2, 0.25) is 0 Å². The highest BCUT2D eigenvalue weighted by atomic mass is 32.2. The van der Waals surface area contributed by atoms with Crippen molar-refractivity contribution in [3.8, 4) is 0 Å². The van der Waals surface area contributed by atoms with Crippen LogP contribution in [0.5, 0.6) is 0 Å². The van der Waals surface area contributed by atoms with Crippen LogP contribution < -0.4 is 0 Å². The summed E-state index contributed by atoms with van der Waals surface area (Å²) in [4.78, 5) is 0. The standard InChI is InChI=1S/C17H18S2/c1-17(2,15-11-7-4-8-12-15)19-16(18)13-14-9-5-3-6-10-14/h3-12H,13H2,1-2H3. The van der Waals surface area contributed by atoms with Gasteiger partial charge in [-0.2, -0.15) is 0 Å². The van der Waals surface area contributed by atoms with Gasteiger partial charge in [-0.1, -0.05) is 72.9 Å². The van der Waals surface area contributed by atoms with Gasteiger partial charge in [-0.05, 0) is 25.0 Å². The SMILES string of the molecule is CC(C)(SC(=S)Cc1ccccc1)c1ccccc1. The first-order valence-electron chi connectivity index (χ1n) is 6.39. The molecule has 0 aliphatic rings. The average Bonchev–Trinajstić information content (AvgIpc) is 2.40. The summed E-state index contributed by atoms with van der Waals surface area (Å²) < 4.78 is 1.06. The van der Waals surface area contributed by atoms with E-state index in [1.165, 1.54) is 11.1 Å². The molecule has 2 rings (SSSR count). The number of benzene rings is 2. The molecule has 0 aliphatic carbocycles. The minimum absolute atomic E-state index is 0.0210. The van der Waals surface area contributed by atoms with Gasteiger partial charge in [0.15, 0.2) is 0 Å². The van der Waals surface area contributed by atoms with E-state index in [0.29, 0.717) is 0 Å². The molecule has 0 saturated heterocycles. The Morgan fingerprint density at radius 3 is 2.05 bits per heavy atom. The zero-order valence-electron chi connectivity index (χ0n) is 11.3. The van der Waals surface area contributed by atoms with Gasteiger partial charge in [0, 0.05) is 11.2 Å². The van der Waals surface area contributed by atoms with Crippen LogP contribution in [0, 0.1) is 0 Å². The van der Waals surface area contributed by atoms with Gasteiger partial charge < -0.3 is 0 Å². The molecule has 0 heterocycles. The van der Waals surface area contributed by atoms with Crippen LogP contribution in [-0.2, 0) is 11.2 Å². The Hall–Kier alpha value is -1.12. The van der Waals surface area contributed by atoms with E-state index in [4.69, 9.17) is 12.2 Å². The van der Waals surface area contributed by atoms with Gasteiger partial charge >= 0.3 is 0 Å². The molecule has 2 aromatic rings. The van der Waals surface area contributed by atoms with E-state index >= 15 is 0 Å². The minimum atomic E-state index is 0.0210. The predicted molar refractivity (Wildman–Crippen MR) is 89.8 cm³/mol. The van der Waals surface area contributed by atoms with Crippen molar-refractivity contribution in [2.45, 2.75) is 25.0 Å². The summed E-state index contributed by atoms with van der Waals surface area (Å²) in [5.74, 6) is 0. The zero-order valence-corrected chi connectivity index (χ0v) is 12.9. The Kier molecular flexibility index (Phi) is 4.78. The maximum Gasteiger partial charge on any atom is 0.0530 e. The van der Waals surface area contributed by atoms with Gasteiger partial charge in [-0.15, -0.1) is 11.8 Å². The van der Waals surface area contributed by atoms with E-state index < -0.39 is 0 Å². The van der Waals surface area contributed by atoms with Gasteiger partial charge in [0.05, 0.1) is 4.20 Å². The van der Waals surface area contributed by atoms with Gasteiger partial charge in [-0.3, -0.25) is 0 Å². The van der Waals surface area contributed by atoms with Crippen LogP contribution in [0.3, 0.4) is 0 Å². The normalized spacial score (nSPS) is 11.3. The van der Waals surface area contributed by atoms with Crippen molar-refractivity contribution < 1.29 is 0 Å². The second kappa shape index (κ2) is 6.36. The van der Waals surface area contributed by atoms with E-state index in [9.17, 15) is 0 Å². The summed E-state index contributed by atoms with van der Waals surface area (Å²) in [7, 11) is 0. The highest BCUT2D eigenvalue weighted by molar-refractivity contribution is 8.23. The maximum absolute atomic E-state index is 5.55. The van der Waals surface area contributed by atoms with Crippen LogP contribution in [0.2, 0.25) is 0 Å². The van der Waals surface area contributed by atoms with E-state index in [1.54, 1.807) is 11.8 Å². The largest absolute Gasteiger partial charge is 0.108 e. The third-order valence-corrected chi connectivity index (χ3v) is 4.54. The van der Waals surface area contributed by atoms with Crippen LogP contribution in [-0.4, -0.2) is 4.20 Å². The van der Waals surface area contributed by atoms with E-state index in [0.717, 1.165) is 10.6 Å². The fourth-order valence-corrected chi connectivity index (χ4v) is 3.84. The molecule has 0 N–H and O–H groups in total. The first-order valence-corrected chi connectivity index (χ1v) is 7.62. The monoisotopic (exact) mass is 286 g/mol. The molecule has 2 heteroatoms. The molecule has 2 aromatic carbocycles. The summed E-state index contributed by atoms with van der Waals surface area (Å²) in [5.41, 5.74) is 2.60. The average molecular weight is 286 g/mol. The molecule has 0 amide bonds. The fourth-order valence-electron chi connectivity index (χ4n) is 1.98. The maximum atomic E-state index is 5.55. The van der Waals surface area contributed by atoms with E-state index in [-0.39, 0.29) is 4.75 Å². The second-order valence-electron chi connectivity index (χ2n) is 5.01. The van der Waals surface area contributed by atoms with Crippen LogP contribution >= 0.6 is 24.0 Å². The highest BCUT2D eigenvalue weighted by Gasteiger charge is 2.22. The summed E-state index contributed by atoms with van der Waals surface area (Å²) >= 11 is 7.33. The number of thiocarbonyl (C=S) groups is 1. The molecule has 0 atom stereocenters. The van der Waals surface area contributed by atoms with Crippen molar-refractivity contribution in [3.05, 3.63) is 71.8 Å². The van der Waals surface area contributed by atoms with Crippen molar-refractivity contribution >= 4 is 28.2 Å². The molecule has 0 spiro atoms. The lowest BCUT2D eigenvalue weighted by molar-refractivity contribution is 0.788. The Bertz CT molecular complexity index is 530. The number of thioether (sulfide) groups is 1. The molecular formula is C17H18S2. The molecule has 0 nitrogen and oxygen atoms in total. The molecule has 0 radical (unpaired) electrons. The topological polar surface area (TPSA) is 0 Å². The third kappa shape index (κ3) is 4.19. The Labute approximate surface area is 125 Å². The quantitative estimate of drug-likeness (QED) is 0.706. The van der Waals surface area contributed by atoms with Crippen LogP contribution in [0.4, 0.5) is 0 Å². The molecule has 98 valence electrons. The second-order valence-corrected chi connectivity index (χ2v) is 7.48. The molecule has 0 unspecified atom stereocenters. The molecule has 0 bridgehead atoms. The fraction of sp³-hybridized carbons (Fsp3) is 0.235. The lowest BCUT2D eigenvalue weighted by atomic mass is 10.0. The molecule has 0 saturated carbocycles. The predicted octanol–water partition coefficient (Wildman–Crippen LogP) is 5.23. The first kappa shape index (κ1) is 14.3. The summed E-state index contributed by atoms with van der Waals surface area (Å²) in [5, 5.41) is 0. The number of hydrogen-bond donors (Lipinski definition) is 0. The van der Waals surface area contributed by atoms with E-state index in [1.807, 2.05) is 12.1 Å². The lowest BCUT2D eigenvalue weighted by Gasteiger charge is -2.25. The highest BCUT2D eigenvalue weighted by Crippen LogP contribution is 2.37. The zero-order chi connectivity index (χ0) is 13.7. The minimum Gasteiger partial charge on any atom is -0.108 e. The van der Waals surface area contributed by atoms with Gasteiger partial charge in [0.1, 0.15) is 0 Å². The Morgan fingerprint density at radius 2 is 1.47 bits per heavy atom. The summed E-state index contributed by atoms with van der Waals surface area (Å²) in [6.07, 6.45) is 0.858. The number of hydrogen-bond acceptors (Lipinski definition) is 2. The van der Waals surface area contributed by atoms with Crippen molar-refractivity contribution in [1.29, 1.82) is 0 Å². The smallest absolute Gasteiger partial charge is 0.0530 e. The van der Waals surface area contributed by atoms with Crippen molar-refractivity contribution in [2.75, 3.05) is 0 Å². The van der Waals surface area contributed by atoms with E-state index in [2.05, 4.69) is 62.4 Å². The Morgan fingerprint density at radius 1 is 0.947 bits per heavy atom. The Balaban J connectivity index is 2.02. The molecule has 0 aliphatic heterocycles. The van der Waals surface area contributed by atoms with Crippen molar-refractivity contribution in [1.82, 2.24) is 0 Å². The number of rotatable bonds is 4. The summed E-state index contributed by atoms with van der Waals surface area (Å²) in [6.45, 7) is 4.45. The molecule has 0 fully saturated rings.